The first-order valence-electron chi connectivity index (χ1n) is 50.5. The monoisotopic (exact) mass is 1880 g/mol. The van der Waals surface area contributed by atoms with Gasteiger partial charge in [-0.1, -0.05) is 376 Å². The van der Waals surface area contributed by atoms with Crippen molar-refractivity contribution in [2.24, 2.45) is 0 Å². The third-order valence-corrected chi connectivity index (χ3v) is 31.0. The average molecular weight is 1880 g/mol. The lowest BCUT2D eigenvalue weighted by Crippen LogP contribution is -2.07. The van der Waals surface area contributed by atoms with Crippen LogP contribution in [0.3, 0.4) is 0 Å². The Morgan fingerprint density at radius 2 is 0.324 bits per heavy atom. The average Bonchev–Trinajstić information content (AvgIpc) is 1.57. The molecule has 0 spiro atoms. The Morgan fingerprint density at radius 1 is 0.115 bits per heavy atom. The predicted molar refractivity (Wildman–Crippen MR) is 620 cm³/mol. The minimum absolute atomic E-state index is 0.564. The second-order valence-electron chi connectivity index (χ2n) is 39.1. The number of aromatic nitrogens is 10. The molecule has 10 heteroatoms. The number of nitrogens with zero attached hydrogens (tertiary/aromatic N) is 10. The summed E-state index contributed by atoms with van der Waals surface area (Å²) < 4.78 is 9.31. The Hall–Kier alpha value is -19.9. The van der Waals surface area contributed by atoms with E-state index in [1.807, 2.05) is 0 Å². The molecule has 148 heavy (non-hydrogen) atoms. The number of rotatable bonds is 10. The van der Waals surface area contributed by atoms with Gasteiger partial charge in [0.05, 0.1) is 44.1 Å². The summed E-state index contributed by atoms with van der Waals surface area (Å²) in [6.45, 7) is 0. The van der Waals surface area contributed by atoms with Crippen molar-refractivity contribution < 1.29 is 0 Å². The third-order valence-electron chi connectivity index (χ3n) is 31.0. The number of hydrogen-bond acceptors (Lipinski definition) is 6. The molecule has 0 saturated carbocycles. The fourth-order valence-electron chi connectivity index (χ4n) is 24.2. The second-order valence-corrected chi connectivity index (χ2v) is 39.1. The molecule has 6 aromatic heterocycles. The first-order valence-corrected chi connectivity index (χ1v) is 50.5. The van der Waals surface area contributed by atoms with Crippen LogP contribution < -0.4 is 0 Å². The Morgan fingerprint density at radius 3 is 0.655 bits per heavy atom. The topological polar surface area (TPSA) is 97.1 Å². The van der Waals surface area contributed by atoms with Gasteiger partial charge in [-0.25, -0.2) is 9.97 Å². The zero-order chi connectivity index (χ0) is 96.9. The van der Waals surface area contributed by atoms with Crippen molar-refractivity contribution >= 4 is 216 Å². The van der Waals surface area contributed by atoms with Crippen LogP contribution in [0.1, 0.15) is 0 Å². The van der Waals surface area contributed by atoms with Crippen molar-refractivity contribution in [3.05, 3.63) is 497 Å². The summed E-state index contributed by atoms with van der Waals surface area (Å²) in [7, 11) is 0. The van der Waals surface area contributed by atoms with Crippen molar-refractivity contribution in [1.29, 1.82) is 0 Å². The molecule has 6 heterocycles. The number of hydrogen-bond donors (Lipinski definition) is 0. The van der Waals surface area contributed by atoms with E-state index in [9.17, 15) is 0 Å². The molecule has 0 aliphatic carbocycles. The van der Waals surface area contributed by atoms with Gasteiger partial charge in [0.2, 0.25) is 11.9 Å². The van der Waals surface area contributed by atoms with Crippen LogP contribution in [0, 0.1) is 0 Å². The maximum atomic E-state index is 5.51. The lowest BCUT2D eigenvalue weighted by molar-refractivity contribution is 0.955. The molecule has 0 N–H and O–H groups in total. The summed E-state index contributed by atoms with van der Waals surface area (Å²) in [5, 5.41) is 37.7. The van der Waals surface area contributed by atoms with Gasteiger partial charge in [0.15, 0.2) is 23.3 Å². The van der Waals surface area contributed by atoms with Gasteiger partial charge in [-0.3, -0.25) is 9.13 Å². The molecule has 0 radical (unpaired) electrons. The molecule has 0 amide bonds. The highest BCUT2D eigenvalue weighted by molar-refractivity contribution is 6.22. The molecule has 32 aromatic rings. The molecule has 0 aliphatic rings. The van der Waals surface area contributed by atoms with Crippen molar-refractivity contribution in [3.8, 4) is 91.1 Å². The largest absolute Gasteiger partial charge is 0.309 e. The smallest absolute Gasteiger partial charge is 0.238 e. The summed E-state index contributed by atoms with van der Waals surface area (Å²) in [5.41, 5.74) is 19.5. The number of benzene rings is 26. The SMILES string of the molecule is c1ccc2c(c1)ccc1cc(-n3c4ccccc4c4cc(-c5ccc6c(c5)c5ccccc5n6-c5nc(-c6cc7ccccc7c7ccccc67)nc(-c6cc7ccccc7c7ccccc67)n5)ccc43)ccc12.c1ccc2c(c1)ccc1ccc(-n3c4ccccc4c4cc(-c5ccc6c(c5)c5ccccc5n6-c5nc(-c6cc7ccccc7c7ccccc67)nc(-c6cc7ccccc7c7ccccc67)n5)ccc43)cc12. The van der Waals surface area contributed by atoms with E-state index in [1.165, 1.54) is 108 Å². The van der Waals surface area contributed by atoms with Crippen molar-refractivity contribution in [3.63, 3.8) is 0 Å². The van der Waals surface area contributed by atoms with Crippen LogP contribution in [0.15, 0.2) is 497 Å². The van der Waals surface area contributed by atoms with Crippen LogP contribution in [0.25, 0.3) is 308 Å². The first kappa shape index (κ1) is 82.8. The van der Waals surface area contributed by atoms with Crippen LogP contribution in [0.2, 0.25) is 0 Å². The Labute approximate surface area is 847 Å². The molecular formula is C138H82N10. The maximum Gasteiger partial charge on any atom is 0.238 e. The highest BCUT2D eigenvalue weighted by Crippen LogP contribution is 2.48. The fourth-order valence-corrected chi connectivity index (χ4v) is 24.2. The first-order chi connectivity index (χ1) is 73.4. The summed E-state index contributed by atoms with van der Waals surface area (Å²) in [5.74, 6) is 3.61. The fraction of sp³-hybridized carbons (Fsp3) is 0. The standard InChI is InChI=1S/2C69H41N5/c1-4-18-49-42(15-1)29-30-47-37-48(33-34-52(47)49)73-63-27-13-11-25-57(63)59-38-43(31-35-65(59)73)44-32-36-66-60(39-44)58-26-12-14-28-64(58)74(66)69-71-67(61-40-45-16-2-5-19-50(45)53-21-7-9-23-55(53)61)70-68(72-69)62-41-46-17-3-6-20-51(46)54-22-8-10-24-56(54)62;1-4-18-49-42(15-1)29-30-43-31-34-48(41-58(43)49)73-63-27-13-11-25-56(63)59-37-44(32-35-65(59)73)45-33-36-66-60(38-45)57-26-12-14-28-64(57)74(66)69-71-67(61-39-46-16-2-5-19-50(46)52-21-7-9-23-54(52)61)70-68(72-69)62-40-47-17-3-6-20-51(47)53-22-8-10-24-55(53)62/h2*1-41H. The molecular weight excluding hydrogens is 1800 g/mol. The van der Waals surface area contributed by atoms with E-state index in [0.29, 0.717) is 35.2 Å². The Kier molecular flexibility index (Phi) is 18.3. The van der Waals surface area contributed by atoms with Gasteiger partial charge in [0.1, 0.15) is 0 Å². The van der Waals surface area contributed by atoms with Crippen molar-refractivity contribution in [2.75, 3.05) is 0 Å². The van der Waals surface area contributed by atoms with Gasteiger partial charge < -0.3 is 9.13 Å². The van der Waals surface area contributed by atoms with Gasteiger partial charge >= 0.3 is 0 Å². The summed E-state index contributed by atoms with van der Waals surface area (Å²) in [6.07, 6.45) is 0. The van der Waals surface area contributed by atoms with Crippen LogP contribution >= 0.6 is 0 Å². The van der Waals surface area contributed by atoms with Gasteiger partial charge in [-0.05, 0) is 273 Å². The van der Waals surface area contributed by atoms with Gasteiger partial charge in [-0.2, -0.15) is 19.9 Å². The molecule has 32 rings (SSSR count). The zero-order valence-corrected chi connectivity index (χ0v) is 79.8. The van der Waals surface area contributed by atoms with E-state index in [-0.39, 0.29) is 0 Å². The molecule has 10 nitrogen and oxygen atoms in total. The number of para-hydroxylation sites is 4. The third kappa shape index (κ3) is 13.0. The predicted octanol–water partition coefficient (Wildman–Crippen LogP) is 36.0. The number of fused-ring (bicyclic) bond motifs is 30. The summed E-state index contributed by atoms with van der Waals surface area (Å²) in [6, 6.07) is 180. The molecule has 26 aromatic carbocycles. The van der Waals surface area contributed by atoms with Crippen LogP contribution in [0.4, 0.5) is 0 Å². The summed E-state index contributed by atoms with van der Waals surface area (Å²) >= 11 is 0. The lowest BCUT2D eigenvalue weighted by Gasteiger charge is -2.15. The molecule has 0 fully saturated rings. The molecule has 0 saturated heterocycles. The van der Waals surface area contributed by atoms with Gasteiger partial charge in [-0.15, -0.1) is 0 Å². The second kappa shape index (κ2) is 32.8. The van der Waals surface area contributed by atoms with Crippen LogP contribution in [-0.4, -0.2) is 48.2 Å². The van der Waals surface area contributed by atoms with Crippen molar-refractivity contribution in [1.82, 2.24) is 48.2 Å². The minimum atomic E-state index is 0.564. The molecule has 0 atom stereocenters. The maximum absolute atomic E-state index is 5.51. The molecule has 684 valence electrons. The van der Waals surface area contributed by atoms with Crippen LogP contribution in [0.5, 0.6) is 0 Å². The van der Waals surface area contributed by atoms with Gasteiger partial charge in [0, 0.05) is 76.7 Å². The Bertz CT molecular complexity index is 11100. The molecule has 0 unspecified atom stereocenters. The van der Waals surface area contributed by atoms with E-state index in [1.54, 1.807) is 0 Å². The van der Waals surface area contributed by atoms with E-state index in [4.69, 9.17) is 29.9 Å². The Balaban J connectivity index is 0.000000134. The van der Waals surface area contributed by atoms with E-state index in [2.05, 4.69) is 516 Å². The molecule has 0 bridgehead atoms. The summed E-state index contributed by atoms with van der Waals surface area (Å²) in [4.78, 5) is 33.0. The highest BCUT2D eigenvalue weighted by Gasteiger charge is 2.28. The van der Waals surface area contributed by atoms with E-state index in [0.717, 1.165) is 164 Å². The van der Waals surface area contributed by atoms with Crippen LogP contribution in [-0.2, 0) is 0 Å². The highest BCUT2D eigenvalue weighted by atomic mass is 15.2. The molecule has 0 aliphatic heterocycles. The minimum Gasteiger partial charge on any atom is -0.309 e. The zero-order valence-electron chi connectivity index (χ0n) is 79.8. The van der Waals surface area contributed by atoms with Gasteiger partial charge in [0.25, 0.3) is 0 Å². The lowest BCUT2D eigenvalue weighted by atomic mass is 9.96. The van der Waals surface area contributed by atoms with E-state index >= 15 is 0 Å². The normalized spacial score (nSPS) is 12.1. The quantitative estimate of drug-likeness (QED) is 0.127. The van der Waals surface area contributed by atoms with Crippen molar-refractivity contribution in [2.45, 2.75) is 0 Å². The van der Waals surface area contributed by atoms with E-state index < -0.39 is 0 Å².